The van der Waals surface area contributed by atoms with Gasteiger partial charge < -0.3 is 4.74 Å². The SMILES string of the molecule is C=CCCOCc1ccc([C@H]2CC[C@H](CCC=C)CC2)cc1. The molecule has 1 fully saturated rings. The molecular formula is C21H30O. The van der Waals surface area contributed by atoms with Gasteiger partial charge in [-0.25, -0.2) is 0 Å². The zero-order chi connectivity index (χ0) is 15.6. The number of allylic oxidation sites excluding steroid dienone is 1. The minimum Gasteiger partial charge on any atom is -0.376 e. The molecule has 0 radical (unpaired) electrons. The highest BCUT2D eigenvalue weighted by Crippen LogP contribution is 2.37. The Hall–Kier alpha value is -1.34. The zero-order valence-electron chi connectivity index (χ0n) is 13.8. The quantitative estimate of drug-likeness (QED) is 0.400. The Morgan fingerprint density at radius 2 is 1.64 bits per heavy atom. The Morgan fingerprint density at radius 3 is 2.27 bits per heavy atom. The first-order valence-electron chi connectivity index (χ1n) is 8.72. The Balaban J connectivity index is 1.76. The van der Waals surface area contributed by atoms with E-state index in [9.17, 15) is 0 Å². The minimum atomic E-state index is 0.711. The third-order valence-electron chi connectivity index (χ3n) is 4.81. The monoisotopic (exact) mass is 298 g/mol. The summed E-state index contributed by atoms with van der Waals surface area (Å²) >= 11 is 0. The Kier molecular flexibility index (Phi) is 7.45. The third-order valence-corrected chi connectivity index (χ3v) is 4.81. The molecule has 1 aromatic carbocycles. The van der Waals surface area contributed by atoms with Crippen LogP contribution in [-0.4, -0.2) is 6.61 Å². The molecule has 0 spiro atoms. The summed E-state index contributed by atoms with van der Waals surface area (Å²) in [6.45, 7) is 9.01. The molecule has 0 bridgehead atoms. The fraction of sp³-hybridized carbons (Fsp3) is 0.524. The van der Waals surface area contributed by atoms with E-state index < -0.39 is 0 Å². The van der Waals surface area contributed by atoms with Gasteiger partial charge in [0.1, 0.15) is 0 Å². The lowest BCUT2D eigenvalue weighted by atomic mass is 9.77. The lowest BCUT2D eigenvalue weighted by Gasteiger charge is -2.28. The van der Waals surface area contributed by atoms with Crippen LogP contribution in [-0.2, 0) is 11.3 Å². The average molecular weight is 298 g/mol. The van der Waals surface area contributed by atoms with Crippen LogP contribution in [0.2, 0.25) is 0 Å². The molecule has 1 nitrogen and oxygen atoms in total. The van der Waals surface area contributed by atoms with Crippen molar-refractivity contribution in [2.24, 2.45) is 5.92 Å². The topological polar surface area (TPSA) is 9.23 Å². The highest BCUT2D eigenvalue weighted by molar-refractivity contribution is 5.25. The van der Waals surface area contributed by atoms with Gasteiger partial charge in [0, 0.05) is 0 Å². The second kappa shape index (κ2) is 9.63. The van der Waals surface area contributed by atoms with Crippen molar-refractivity contribution < 1.29 is 4.74 Å². The van der Waals surface area contributed by atoms with Crippen LogP contribution in [0.1, 0.15) is 62.0 Å². The highest BCUT2D eigenvalue weighted by Gasteiger charge is 2.21. The molecule has 120 valence electrons. The molecule has 0 aromatic heterocycles. The summed E-state index contributed by atoms with van der Waals surface area (Å²) in [5.74, 6) is 1.68. The first-order chi connectivity index (χ1) is 10.8. The van der Waals surface area contributed by atoms with E-state index in [4.69, 9.17) is 4.74 Å². The molecule has 22 heavy (non-hydrogen) atoms. The summed E-state index contributed by atoms with van der Waals surface area (Å²) in [7, 11) is 0. The molecule has 0 aliphatic heterocycles. The van der Waals surface area contributed by atoms with E-state index in [0.29, 0.717) is 6.61 Å². The minimum absolute atomic E-state index is 0.711. The van der Waals surface area contributed by atoms with Crippen molar-refractivity contribution in [1.29, 1.82) is 0 Å². The Bertz CT molecular complexity index is 437. The lowest BCUT2D eigenvalue weighted by Crippen LogP contribution is -2.13. The van der Waals surface area contributed by atoms with Crippen molar-refractivity contribution in [1.82, 2.24) is 0 Å². The molecular weight excluding hydrogens is 268 g/mol. The van der Waals surface area contributed by atoms with Gasteiger partial charge in [-0.1, -0.05) is 36.4 Å². The average Bonchev–Trinajstić information content (AvgIpc) is 2.58. The number of rotatable bonds is 9. The Labute approximate surface area is 136 Å². The van der Waals surface area contributed by atoms with E-state index in [-0.39, 0.29) is 0 Å². The predicted octanol–water partition coefficient (Wildman–Crippen LogP) is 6.02. The van der Waals surface area contributed by atoms with E-state index in [1.807, 2.05) is 6.08 Å². The fourth-order valence-electron chi connectivity index (χ4n) is 3.38. The first-order valence-corrected chi connectivity index (χ1v) is 8.72. The molecule has 0 saturated heterocycles. The van der Waals surface area contributed by atoms with Gasteiger partial charge in [0.15, 0.2) is 0 Å². The molecule has 2 rings (SSSR count). The van der Waals surface area contributed by atoms with E-state index in [1.54, 1.807) is 0 Å². The van der Waals surface area contributed by atoms with Crippen molar-refractivity contribution in [3.8, 4) is 0 Å². The molecule has 0 unspecified atom stereocenters. The lowest BCUT2D eigenvalue weighted by molar-refractivity contribution is 0.125. The normalized spacial score (nSPS) is 21.5. The van der Waals surface area contributed by atoms with Gasteiger partial charge in [0.2, 0.25) is 0 Å². The first kappa shape index (κ1) is 17.0. The number of hydrogen-bond acceptors (Lipinski definition) is 1. The van der Waals surface area contributed by atoms with Gasteiger partial charge in [0.05, 0.1) is 13.2 Å². The zero-order valence-corrected chi connectivity index (χ0v) is 13.8. The number of hydrogen-bond donors (Lipinski definition) is 0. The summed E-state index contributed by atoms with van der Waals surface area (Å²) < 4.78 is 5.62. The van der Waals surface area contributed by atoms with Crippen LogP contribution in [0, 0.1) is 5.92 Å². The van der Waals surface area contributed by atoms with Crippen molar-refractivity contribution in [2.45, 2.75) is 57.5 Å². The van der Waals surface area contributed by atoms with Crippen molar-refractivity contribution in [3.63, 3.8) is 0 Å². The fourth-order valence-corrected chi connectivity index (χ4v) is 3.38. The number of ether oxygens (including phenoxy) is 1. The maximum absolute atomic E-state index is 5.62. The molecule has 0 amide bonds. The second-order valence-corrected chi connectivity index (χ2v) is 6.46. The van der Waals surface area contributed by atoms with E-state index in [2.05, 4.69) is 43.5 Å². The van der Waals surface area contributed by atoms with Crippen LogP contribution in [0.3, 0.4) is 0 Å². The van der Waals surface area contributed by atoms with E-state index in [0.717, 1.165) is 24.9 Å². The summed E-state index contributed by atoms with van der Waals surface area (Å²) in [5.41, 5.74) is 2.78. The van der Waals surface area contributed by atoms with Gasteiger partial charge in [-0.2, -0.15) is 0 Å². The largest absolute Gasteiger partial charge is 0.376 e. The molecule has 1 aromatic rings. The van der Waals surface area contributed by atoms with Gasteiger partial charge in [0.25, 0.3) is 0 Å². The molecule has 1 heteroatoms. The van der Waals surface area contributed by atoms with Crippen LogP contribution >= 0.6 is 0 Å². The molecule has 0 atom stereocenters. The predicted molar refractivity (Wildman–Crippen MR) is 95.0 cm³/mol. The molecule has 1 saturated carbocycles. The van der Waals surface area contributed by atoms with Crippen LogP contribution in [0.15, 0.2) is 49.6 Å². The smallest absolute Gasteiger partial charge is 0.0717 e. The van der Waals surface area contributed by atoms with Crippen molar-refractivity contribution >= 4 is 0 Å². The molecule has 0 heterocycles. The summed E-state index contributed by atoms with van der Waals surface area (Å²) in [6.07, 6.45) is 12.8. The molecule has 0 N–H and O–H groups in total. The van der Waals surface area contributed by atoms with Crippen molar-refractivity contribution in [3.05, 3.63) is 60.7 Å². The maximum Gasteiger partial charge on any atom is 0.0717 e. The van der Waals surface area contributed by atoms with E-state index >= 15 is 0 Å². The highest BCUT2D eigenvalue weighted by atomic mass is 16.5. The standard InChI is InChI=1S/C21H30O/c1-3-5-7-18-8-12-20(13-9-18)21-14-10-19(11-15-21)17-22-16-6-4-2/h3-4,10-11,14-15,18,20H,1-2,5-9,12-13,16-17H2/t18-,20-. The second-order valence-electron chi connectivity index (χ2n) is 6.46. The van der Waals surface area contributed by atoms with Gasteiger partial charge in [-0.3, -0.25) is 0 Å². The summed E-state index contributed by atoms with van der Waals surface area (Å²) in [6, 6.07) is 9.07. The van der Waals surface area contributed by atoms with Gasteiger partial charge in [-0.15, -0.1) is 13.2 Å². The Morgan fingerprint density at radius 1 is 0.955 bits per heavy atom. The van der Waals surface area contributed by atoms with Crippen LogP contribution in [0.25, 0.3) is 0 Å². The van der Waals surface area contributed by atoms with Crippen LogP contribution in [0.4, 0.5) is 0 Å². The third kappa shape index (κ3) is 5.46. The number of benzene rings is 1. The van der Waals surface area contributed by atoms with Crippen LogP contribution in [0.5, 0.6) is 0 Å². The molecule has 1 aliphatic rings. The van der Waals surface area contributed by atoms with Gasteiger partial charge in [-0.05, 0) is 67.9 Å². The van der Waals surface area contributed by atoms with Crippen LogP contribution < -0.4 is 0 Å². The van der Waals surface area contributed by atoms with Gasteiger partial charge >= 0.3 is 0 Å². The van der Waals surface area contributed by atoms with E-state index in [1.165, 1.54) is 49.7 Å². The van der Waals surface area contributed by atoms with Crippen molar-refractivity contribution in [2.75, 3.05) is 6.61 Å². The molecule has 1 aliphatic carbocycles. The summed E-state index contributed by atoms with van der Waals surface area (Å²) in [4.78, 5) is 0. The maximum atomic E-state index is 5.62. The summed E-state index contributed by atoms with van der Waals surface area (Å²) in [5, 5.41) is 0.